The molecule has 0 fully saturated rings. The number of hydrogen-bond acceptors (Lipinski definition) is 4. The Labute approximate surface area is 145 Å². The zero-order chi connectivity index (χ0) is 17.3. The number of nitrogens with one attached hydrogen (secondary N) is 1. The number of carbonyl (C=O) groups is 1. The van der Waals surface area contributed by atoms with Gasteiger partial charge in [0.1, 0.15) is 19.0 Å². The molecule has 1 amide bonds. The highest BCUT2D eigenvalue weighted by molar-refractivity contribution is 6.31. The van der Waals surface area contributed by atoms with Crippen molar-refractivity contribution in [2.45, 2.75) is 26.7 Å². The van der Waals surface area contributed by atoms with Crippen molar-refractivity contribution in [1.82, 2.24) is 9.78 Å². The number of carbonyl (C=O) groups excluding carboxylic acids is 1. The molecule has 1 aliphatic rings. The van der Waals surface area contributed by atoms with Gasteiger partial charge < -0.3 is 14.8 Å². The molecule has 0 radical (unpaired) electrons. The first kappa shape index (κ1) is 16.6. The summed E-state index contributed by atoms with van der Waals surface area (Å²) in [4.78, 5) is 12.4. The number of anilines is 1. The van der Waals surface area contributed by atoms with Gasteiger partial charge in [0.05, 0.1) is 12.1 Å². The van der Waals surface area contributed by atoms with Crippen LogP contribution in [0.2, 0.25) is 5.02 Å². The number of nitrogens with zero attached hydrogens (tertiary/aromatic N) is 2. The van der Waals surface area contributed by atoms with Gasteiger partial charge in [0.15, 0.2) is 11.5 Å². The van der Waals surface area contributed by atoms with E-state index in [1.165, 1.54) is 0 Å². The van der Waals surface area contributed by atoms with E-state index in [4.69, 9.17) is 21.1 Å². The zero-order valence-corrected chi connectivity index (χ0v) is 14.7. The fraction of sp³-hybridized carbons (Fsp3) is 0.412. The minimum atomic E-state index is -0.147. The van der Waals surface area contributed by atoms with Gasteiger partial charge >= 0.3 is 0 Å². The van der Waals surface area contributed by atoms with Crippen LogP contribution in [-0.2, 0) is 24.7 Å². The minimum absolute atomic E-state index is 0.147. The van der Waals surface area contributed by atoms with E-state index in [2.05, 4.69) is 10.4 Å². The summed E-state index contributed by atoms with van der Waals surface area (Å²) < 4.78 is 12.7. The molecule has 3 rings (SSSR count). The van der Waals surface area contributed by atoms with E-state index in [0.29, 0.717) is 35.3 Å². The molecule has 0 saturated heterocycles. The third-order valence-electron chi connectivity index (χ3n) is 4.02. The summed E-state index contributed by atoms with van der Waals surface area (Å²) in [5, 5.41) is 7.79. The Bertz CT molecular complexity index is 786. The topological polar surface area (TPSA) is 65.4 Å². The van der Waals surface area contributed by atoms with Crippen LogP contribution in [0, 0.1) is 6.92 Å². The number of amides is 1. The van der Waals surface area contributed by atoms with Crippen molar-refractivity contribution in [3.8, 4) is 11.5 Å². The number of benzene rings is 1. The molecule has 0 spiro atoms. The van der Waals surface area contributed by atoms with Crippen LogP contribution in [0.4, 0.5) is 5.82 Å². The van der Waals surface area contributed by atoms with Crippen LogP contribution in [0.5, 0.6) is 11.5 Å². The summed E-state index contributed by atoms with van der Waals surface area (Å²) in [5.74, 6) is 1.82. The molecule has 0 saturated carbocycles. The molecule has 0 atom stereocenters. The third kappa shape index (κ3) is 3.19. The van der Waals surface area contributed by atoms with Crippen molar-refractivity contribution in [1.29, 1.82) is 0 Å². The number of rotatable bonds is 4. The maximum Gasteiger partial charge on any atom is 0.230 e. The lowest BCUT2D eigenvalue weighted by atomic mass is 10.1. The van der Waals surface area contributed by atoms with Gasteiger partial charge in [0.2, 0.25) is 5.91 Å². The Morgan fingerprint density at radius 2 is 2.00 bits per heavy atom. The Morgan fingerprint density at radius 3 is 2.67 bits per heavy atom. The van der Waals surface area contributed by atoms with Crippen LogP contribution in [0.15, 0.2) is 12.1 Å². The summed E-state index contributed by atoms with van der Waals surface area (Å²) in [6, 6.07) is 3.47. The standard InChI is InChI=1S/C17H20ClN3O3/c1-4-12-10(2)20-21(3)17(12)19-16(22)8-11-7-14-15(9-13(11)18)24-6-5-23-14/h7,9H,4-6,8H2,1-3H3,(H,19,22). The molecule has 1 aromatic heterocycles. The van der Waals surface area contributed by atoms with E-state index in [1.807, 2.05) is 20.9 Å². The second-order valence-electron chi connectivity index (χ2n) is 5.70. The second-order valence-corrected chi connectivity index (χ2v) is 6.11. The average Bonchev–Trinajstić information content (AvgIpc) is 2.81. The van der Waals surface area contributed by atoms with Crippen LogP contribution in [0.25, 0.3) is 0 Å². The van der Waals surface area contributed by atoms with Crippen LogP contribution < -0.4 is 14.8 Å². The maximum absolute atomic E-state index is 12.4. The number of ether oxygens (including phenoxy) is 2. The van der Waals surface area contributed by atoms with Crippen LogP contribution >= 0.6 is 11.6 Å². The second kappa shape index (κ2) is 6.73. The van der Waals surface area contributed by atoms with E-state index >= 15 is 0 Å². The van der Waals surface area contributed by atoms with Crippen molar-refractivity contribution in [2.75, 3.05) is 18.5 Å². The van der Waals surface area contributed by atoms with Crippen molar-refractivity contribution in [2.24, 2.45) is 7.05 Å². The van der Waals surface area contributed by atoms with Crippen molar-refractivity contribution < 1.29 is 14.3 Å². The number of halogens is 1. The quantitative estimate of drug-likeness (QED) is 0.921. The molecule has 0 aliphatic carbocycles. The molecule has 2 heterocycles. The molecule has 0 unspecified atom stereocenters. The van der Waals surface area contributed by atoms with Crippen molar-refractivity contribution in [3.63, 3.8) is 0 Å². The van der Waals surface area contributed by atoms with Gasteiger partial charge in [-0.3, -0.25) is 9.48 Å². The first-order valence-electron chi connectivity index (χ1n) is 7.90. The molecule has 24 heavy (non-hydrogen) atoms. The summed E-state index contributed by atoms with van der Waals surface area (Å²) >= 11 is 6.27. The van der Waals surface area contributed by atoms with Crippen LogP contribution in [-0.4, -0.2) is 28.9 Å². The third-order valence-corrected chi connectivity index (χ3v) is 4.37. The predicted molar refractivity (Wildman–Crippen MR) is 92.1 cm³/mol. The summed E-state index contributed by atoms with van der Waals surface area (Å²) in [7, 11) is 1.82. The summed E-state index contributed by atoms with van der Waals surface area (Å²) in [6.45, 7) is 4.97. The lowest BCUT2D eigenvalue weighted by Gasteiger charge is -2.19. The van der Waals surface area contributed by atoms with E-state index in [1.54, 1.807) is 16.8 Å². The number of aromatic nitrogens is 2. The molecule has 2 aromatic rings. The molecule has 7 heteroatoms. The summed E-state index contributed by atoms with van der Waals surface area (Å²) in [6.07, 6.45) is 0.961. The Kier molecular flexibility index (Phi) is 4.66. The van der Waals surface area contributed by atoms with Gasteiger partial charge in [-0.2, -0.15) is 5.10 Å². The first-order chi connectivity index (χ1) is 11.5. The Balaban J connectivity index is 1.78. The fourth-order valence-electron chi connectivity index (χ4n) is 2.87. The molecule has 6 nitrogen and oxygen atoms in total. The number of fused-ring (bicyclic) bond motifs is 1. The van der Waals surface area contributed by atoms with E-state index < -0.39 is 0 Å². The van der Waals surface area contributed by atoms with E-state index in [0.717, 1.165) is 23.5 Å². The smallest absolute Gasteiger partial charge is 0.230 e. The van der Waals surface area contributed by atoms with Gasteiger partial charge in [-0.25, -0.2) is 0 Å². The zero-order valence-electron chi connectivity index (χ0n) is 14.0. The van der Waals surface area contributed by atoms with Crippen LogP contribution in [0.1, 0.15) is 23.7 Å². The Hall–Kier alpha value is -2.21. The Morgan fingerprint density at radius 1 is 1.33 bits per heavy atom. The highest BCUT2D eigenvalue weighted by Crippen LogP contribution is 2.35. The van der Waals surface area contributed by atoms with Gasteiger partial charge in [0.25, 0.3) is 0 Å². The lowest BCUT2D eigenvalue weighted by Crippen LogP contribution is -2.19. The minimum Gasteiger partial charge on any atom is -0.486 e. The highest BCUT2D eigenvalue weighted by atomic mass is 35.5. The van der Waals surface area contributed by atoms with Crippen LogP contribution in [0.3, 0.4) is 0 Å². The molecule has 1 N–H and O–H groups in total. The SMILES string of the molecule is CCc1c(C)nn(C)c1NC(=O)Cc1cc2c(cc1Cl)OCCO2. The van der Waals surface area contributed by atoms with Gasteiger partial charge in [-0.05, 0) is 25.0 Å². The maximum atomic E-state index is 12.4. The number of aryl methyl sites for hydroxylation is 2. The predicted octanol–water partition coefficient (Wildman–Crippen LogP) is 2.90. The van der Waals surface area contributed by atoms with E-state index in [9.17, 15) is 4.79 Å². The van der Waals surface area contributed by atoms with Gasteiger partial charge in [0, 0.05) is 23.7 Å². The molecular weight excluding hydrogens is 330 g/mol. The number of hydrogen-bond donors (Lipinski definition) is 1. The highest BCUT2D eigenvalue weighted by Gasteiger charge is 2.18. The van der Waals surface area contributed by atoms with Gasteiger partial charge in [-0.1, -0.05) is 18.5 Å². The van der Waals surface area contributed by atoms with Crippen molar-refractivity contribution >= 4 is 23.3 Å². The monoisotopic (exact) mass is 349 g/mol. The molecular formula is C17H20ClN3O3. The van der Waals surface area contributed by atoms with Gasteiger partial charge in [-0.15, -0.1) is 0 Å². The van der Waals surface area contributed by atoms with E-state index in [-0.39, 0.29) is 12.3 Å². The van der Waals surface area contributed by atoms with Crippen molar-refractivity contribution in [3.05, 3.63) is 34.0 Å². The summed E-state index contributed by atoms with van der Waals surface area (Å²) in [5.41, 5.74) is 2.67. The normalized spacial score (nSPS) is 13.0. The fourth-order valence-corrected chi connectivity index (χ4v) is 3.09. The first-order valence-corrected chi connectivity index (χ1v) is 8.27. The molecule has 0 bridgehead atoms. The lowest BCUT2D eigenvalue weighted by molar-refractivity contribution is -0.115. The molecule has 128 valence electrons. The average molecular weight is 350 g/mol. The molecule has 1 aromatic carbocycles. The largest absolute Gasteiger partial charge is 0.486 e. The molecule has 1 aliphatic heterocycles.